The number of nitro benzene ring substituents is 2. The number of hydrazine groups is 1. The molecule has 0 spiro atoms. The Morgan fingerprint density at radius 3 is 2.26 bits per heavy atom. The number of amides is 3. The normalized spacial score (nSPS) is 21.8. The number of hydrogen-bond acceptors (Lipinski definition) is 7. The molecule has 4 rings (SSSR count). The van der Waals surface area contributed by atoms with Crippen molar-refractivity contribution in [3.05, 3.63) is 79.9 Å². The molecule has 3 atom stereocenters. The SMILES string of the molecule is C[C@@H]1CC[C@H]2C(=O)N(N(Cc3ccccc3[N+](=O)[O-])C(=O)c3ccc([N+](=O)[O-])cc3)C(=O)[C@H]2C1. The highest BCUT2D eigenvalue weighted by atomic mass is 16.6. The number of fused-ring (bicyclic) bond motifs is 1. The fraction of sp³-hybridized carbons (Fsp3) is 0.348. The quantitative estimate of drug-likeness (QED) is 0.360. The molecule has 2 aliphatic rings. The van der Waals surface area contributed by atoms with Crippen molar-refractivity contribution in [3.63, 3.8) is 0 Å². The van der Waals surface area contributed by atoms with Crippen molar-refractivity contribution in [2.24, 2.45) is 17.8 Å². The summed E-state index contributed by atoms with van der Waals surface area (Å²) >= 11 is 0. The van der Waals surface area contributed by atoms with Gasteiger partial charge in [0.15, 0.2) is 0 Å². The maximum atomic E-state index is 13.5. The van der Waals surface area contributed by atoms with E-state index in [1.165, 1.54) is 30.3 Å². The summed E-state index contributed by atoms with van der Waals surface area (Å²) in [6, 6.07) is 10.5. The van der Waals surface area contributed by atoms with Crippen LogP contribution in [0.15, 0.2) is 48.5 Å². The minimum absolute atomic E-state index is 0.00743. The number of rotatable bonds is 6. The minimum Gasteiger partial charge on any atom is -0.272 e. The molecule has 176 valence electrons. The summed E-state index contributed by atoms with van der Waals surface area (Å²) in [5, 5.41) is 24.3. The van der Waals surface area contributed by atoms with Gasteiger partial charge in [0.2, 0.25) is 0 Å². The molecule has 1 aliphatic carbocycles. The molecule has 34 heavy (non-hydrogen) atoms. The third-order valence-electron chi connectivity index (χ3n) is 6.47. The van der Waals surface area contributed by atoms with Crippen LogP contribution in [0.25, 0.3) is 0 Å². The van der Waals surface area contributed by atoms with Crippen LogP contribution in [-0.4, -0.2) is 37.6 Å². The monoisotopic (exact) mass is 466 g/mol. The first-order chi connectivity index (χ1) is 16.2. The number of carbonyl (C=O) groups excluding carboxylic acids is 3. The van der Waals surface area contributed by atoms with Gasteiger partial charge in [-0.25, -0.2) is 5.01 Å². The topological polar surface area (TPSA) is 144 Å². The van der Waals surface area contributed by atoms with Crippen LogP contribution >= 0.6 is 0 Å². The summed E-state index contributed by atoms with van der Waals surface area (Å²) in [6.07, 6.45) is 1.84. The van der Waals surface area contributed by atoms with Crippen LogP contribution < -0.4 is 0 Å². The first kappa shape index (κ1) is 23.0. The van der Waals surface area contributed by atoms with Crippen LogP contribution in [0.4, 0.5) is 11.4 Å². The van der Waals surface area contributed by atoms with Crippen LogP contribution in [0, 0.1) is 38.0 Å². The first-order valence-electron chi connectivity index (χ1n) is 10.9. The van der Waals surface area contributed by atoms with E-state index in [9.17, 15) is 34.6 Å². The number of benzene rings is 2. The molecule has 0 unspecified atom stereocenters. The average molecular weight is 466 g/mol. The molecule has 0 N–H and O–H groups in total. The number of imide groups is 1. The highest BCUT2D eigenvalue weighted by Crippen LogP contribution is 2.41. The lowest BCUT2D eigenvalue weighted by Crippen LogP contribution is -2.49. The van der Waals surface area contributed by atoms with Gasteiger partial charge in [-0.05, 0) is 37.3 Å². The van der Waals surface area contributed by atoms with E-state index in [1.807, 2.05) is 6.92 Å². The summed E-state index contributed by atoms with van der Waals surface area (Å²) in [7, 11) is 0. The second-order valence-corrected chi connectivity index (χ2v) is 8.67. The van der Waals surface area contributed by atoms with E-state index in [0.717, 1.165) is 28.6 Å². The van der Waals surface area contributed by atoms with E-state index < -0.39 is 39.4 Å². The molecule has 1 saturated carbocycles. The molecule has 1 heterocycles. The van der Waals surface area contributed by atoms with Crippen molar-refractivity contribution in [2.45, 2.75) is 32.7 Å². The van der Waals surface area contributed by atoms with Crippen molar-refractivity contribution in [1.82, 2.24) is 10.0 Å². The zero-order chi connectivity index (χ0) is 24.6. The maximum Gasteiger partial charge on any atom is 0.274 e. The van der Waals surface area contributed by atoms with Gasteiger partial charge in [-0.2, -0.15) is 5.01 Å². The highest BCUT2D eigenvalue weighted by molar-refractivity contribution is 6.07. The Bertz CT molecular complexity index is 1180. The Labute approximate surface area is 194 Å². The molecule has 1 saturated heterocycles. The summed E-state index contributed by atoms with van der Waals surface area (Å²) in [5.41, 5.74) is -0.330. The number of nitro groups is 2. The molecule has 11 heteroatoms. The van der Waals surface area contributed by atoms with Crippen molar-refractivity contribution in [3.8, 4) is 0 Å². The summed E-state index contributed by atoms with van der Waals surface area (Å²) in [4.78, 5) is 61.4. The fourth-order valence-corrected chi connectivity index (χ4v) is 4.70. The molecule has 2 fully saturated rings. The van der Waals surface area contributed by atoms with E-state index in [0.29, 0.717) is 12.8 Å². The fourth-order valence-electron chi connectivity index (χ4n) is 4.70. The standard InChI is InChI=1S/C23H22N4O7/c1-14-6-11-18-19(12-14)23(30)25(22(18)29)24(13-16-4-2-3-5-20(16)27(33)34)21(28)15-7-9-17(10-8-15)26(31)32/h2-5,7-10,14,18-19H,6,11-13H2,1H3/t14-,18-,19+/m1/s1. The van der Waals surface area contributed by atoms with Crippen molar-refractivity contribution in [1.29, 1.82) is 0 Å². The van der Waals surface area contributed by atoms with E-state index in [1.54, 1.807) is 6.07 Å². The zero-order valence-corrected chi connectivity index (χ0v) is 18.3. The van der Waals surface area contributed by atoms with E-state index in [-0.39, 0.29) is 35.0 Å². The molecule has 0 radical (unpaired) electrons. The van der Waals surface area contributed by atoms with Crippen molar-refractivity contribution in [2.75, 3.05) is 0 Å². The van der Waals surface area contributed by atoms with Crippen LogP contribution in [0.3, 0.4) is 0 Å². The lowest BCUT2D eigenvalue weighted by Gasteiger charge is -2.30. The van der Waals surface area contributed by atoms with Gasteiger partial charge < -0.3 is 0 Å². The lowest BCUT2D eigenvalue weighted by molar-refractivity contribution is -0.385. The maximum absolute atomic E-state index is 13.5. The Morgan fingerprint density at radius 1 is 0.971 bits per heavy atom. The molecule has 11 nitrogen and oxygen atoms in total. The number of hydrogen-bond donors (Lipinski definition) is 0. The van der Waals surface area contributed by atoms with Crippen LogP contribution in [0.2, 0.25) is 0 Å². The van der Waals surface area contributed by atoms with Gasteiger partial charge in [-0.1, -0.05) is 25.1 Å². The Kier molecular flexibility index (Phi) is 6.10. The van der Waals surface area contributed by atoms with Gasteiger partial charge in [-0.15, -0.1) is 0 Å². The van der Waals surface area contributed by atoms with Gasteiger partial charge in [-0.3, -0.25) is 34.6 Å². The first-order valence-corrected chi connectivity index (χ1v) is 10.9. The lowest BCUT2D eigenvalue weighted by atomic mass is 9.76. The predicted octanol–water partition coefficient (Wildman–Crippen LogP) is 3.48. The summed E-state index contributed by atoms with van der Waals surface area (Å²) in [5.74, 6) is -2.60. The summed E-state index contributed by atoms with van der Waals surface area (Å²) < 4.78 is 0. The van der Waals surface area contributed by atoms with Crippen LogP contribution in [0.1, 0.15) is 42.1 Å². The zero-order valence-electron chi connectivity index (χ0n) is 18.3. The predicted molar refractivity (Wildman–Crippen MR) is 118 cm³/mol. The number of para-hydroxylation sites is 1. The largest absolute Gasteiger partial charge is 0.274 e. The molecule has 3 amide bonds. The summed E-state index contributed by atoms with van der Waals surface area (Å²) in [6.45, 7) is 1.61. The number of non-ortho nitro benzene ring substituents is 1. The second-order valence-electron chi connectivity index (χ2n) is 8.67. The molecule has 0 bridgehead atoms. The highest BCUT2D eigenvalue weighted by Gasteiger charge is 2.52. The van der Waals surface area contributed by atoms with E-state index in [4.69, 9.17) is 0 Å². The smallest absolute Gasteiger partial charge is 0.272 e. The minimum atomic E-state index is -0.763. The molecular formula is C23H22N4O7. The number of nitrogens with zero attached hydrogens (tertiary/aromatic N) is 4. The van der Waals surface area contributed by atoms with E-state index >= 15 is 0 Å². The number of carbonyl (C=O) groups is 3. The van der Waals surface area contributed by atoms with E-state index in [2.05, 4.69) is 0 Å². The molecule has 2 aromatic carbocycles. The van der Waals surface area contributed by atoms with Crippen molar-refractivity contribution >= 4 is 29.1 Å². The molecule has 1 aliphatic heterocycles. The van der Waals surface area contributed by atoms with Gasteiger partial charge in [0.05, 0.1) is 33.8 Å². The van der Waals surface area contributed by atoms with Crippen molar-refractivity contribution < 1.29 is 24.2 Å². The molecule has 0 aromatic heterocycles. The average Bonchev–Trinajstić information content (AvgIpc) is 3.06. The Morgan fingerprint density at radius 2 is 1.62 bits per heavy atom. The van der Waals surface area contributed by atoms with Gasteiger partial charge >= 0.3 is 0 Å². The van der Waals surface area contributed by atoms with Gasteiger partial charge in [0.1, 0.15) is 0 Å². The van der Waals surface area contributed by atoms with Crippen LogP contribution in [-0.2, 0) is 16.1 Å². The Balaban J connectivity index is 1.75. The molecular weight excluding hydrogens is 444 g/mol. The Hall–Kier alpha value is -4.15. The van der Waals surface area contributed by atoms with Crippen LogP contribution in [0.5, 0.6) is 0 Å². The van der Waals surface area contributed by atoms with Gasteiger partial charge in [0, 0.05) is 23.8 Å². The third-order valence-corrected chi connectivity index (χ3v) is 6.47. The second kappa shape index (κ2) is 9.00. The third kappa shape index (κ3) is 4.12. The molecule has 2 aromatic rings. The van der Waals surface area contributed by atoms with Gasteiger partial charge in [0.25, 0.3) is 29.1 Å².